The van der Waals surface area contributed by atoms with Crippen LogP contribution in [0.15, 0.2) is 28.7 Å². The van der Waals surface area contributed by atoms with Crippen LogP contribution in [0, 0.1) is 6.92 Å². The van der Waals surface area contributed by atoms with Crippen LogP contribution in [0.2, 0.25) is 0 Å². The minimum atomic E-state index is 0.545. The lowest BCUT2D eigenvalue weighted by molar-refractivity contribution is 0.317. The molecule has 1 heterocycles. The molecule has 0 unspecified atom stereocenters. The number of ether oxygens (including phenoxy) is 1. The maximum absolute atomic E-state index is 5.58. The molecule has 1 aromatic carbocycles. The number of oxazole rings is 1. The summed E-state index contributed by atoms with van der Waals surface area (Å²) in [6, 6.07) is 7.92. The molecule has 0 radical (unpaired) electrons. The van der Waals surface area contributed by atoms with E-state index < -0.39 is 0 Å². The summed E-state index contributed by atoms with van der Waals surface area (Å²) < 4.78 is 11.1. The zero-order valence-corrected chi connectivity index (χ0v) is 11.5. The molecule has 19 heavy (non-hydrogen) atoms. The highest BCUT2D eigenvalue weighted by molar-refractivity contribution is 5.61. The summed E-state index contributed by atoms with van der Waals surface area (Å²) in [7, 11) is 0. The van der Waals surface area contributed by atoms with Crippen LogP contribution < -0.4 is 10.5 Å². The molecule has 2 aromatic rings. The Morgan fingerprint density at radius 3 is 2.63 bits per heavy atom. The van der Waals surface area contributed by atoms with Gasteiger partial charge in [0.25, 0.3) is 0 Å². The van der Waals surface area contributed by atoms with Gasteiger partial charge in [-0.3, -0.25) is 0 Å². The van der Waals surface area contributed by atoms with Gasteiger partial charge in [-0.05, 0) is 37.6 Å². The lowest BCUT2D eigenvalue weighted by atomic mass is 10.1. The number of hydrogen-bond donors (Lipinski definition) is 1. The number of aryl methyl sites for hydroxylation is 1. The molecule has 4 heteroatoms. The lowest BCUT2D eigenvalue weighted by Crippen LogP contribution is -2.02. The number of rotatable bonds is 6. The standard InChI is InChI=1S/C15H20N2O2/c1-3-10-18-13-6-4-12(5-7-13)15-11(2)19-14(17-15)8-9-16/h4-7H,3,8-10,16H2,1-2H3. The summed E-state index contributed by atoms with van der Waals surface area (Å²) in [6.07, 6.45) is 1.67. The van der Waals surface area contributed by atoms with Crippen molar-refractivity contribution in [2.75, 3.05) is 13.2 Å². The molecule has 1 aromatic heterocycles. The van der Waals surface area contributed by atoms with E-state index in [0.717, 1.165) is 35.8 Å². The van der Waals surface area contributed by atoms with E-state index in [-0.39, 0.29) is 0 Å². The van der Waals surface area contributed by atoms with Crippen LogP contribution in [0.4, 0.5) is 0 Å². The zero-order chi connectivity index (χ0) is 13.7. The SMILES string of the molecule is CCCOc1ccc(-c2nc(CCN)oc2C)cc1. The molecule has 0 saturated heterocycles. The van der Waals surface area contributed by atoms with Crippen LogP contribution in [-0.4, -0.2) is 18.1 Å². The summed E-state index contributed by atoms with van der Waals surface area (Å²) >= 11 is 0. The Balaban J connectivity index is 2.17. The van der Waals surface area contributed by atoms with E-state index in [0.29, 0.717) is 18.9 Å². The zero-order valence-electron chi connectivity index (χ0n) is 11.5. The topological polar surface area (TPSA) is 61.3 Å². The van der Waals surface area contributed by atoms with Gasteiger partial charge in [0.05, 0.1) is 6.61 Å². The number of benzene rings is 1. The summed E-state index contributed by atoms with van der Waals surface area (Å²) in [5, 5.41) is 0. The quantitative estimate of drug-likeness (QED) is 0.867. The van der Waals surface area contributed by atoms with Crippen molar-refractivity contribution in [3.8, 4) is 17.0 Å². The van der Waals surface area contributed by atoms with Gasteiger partial charge in [0, 0.05) is 18.5 Å². The number of nitrogens with two attached hydrogens (primary N) is 1. The van der Waals surface area contributed by atoms with Crippen LogP contribution in [0.1, 0.15) is 25.0 Å². The highest BCUT2D eigenvalue weighted by atomic mass is 16.5. The van der Waals surface area contributed by atoms with E-state index in [4.69, 9.17) is 14.9 Å². The van der Waals surface area contributed by atoms with E-state index >= 15 is 0 Å². The first-order chi connectivity index (χ1) is 9.24. The Bertz CT molecular complexity index is 517. The van der Waals surface area contributed by atoms with Gasteiger partial charge in [-0.1, -0.05) is 6.92 Å². The molecule has 0 spiro atoms. The van der Waals surface area contributed by atoms with Crippen molar-refractivity contribution in [3.63, 3.8) is 0 Å². The van der Waals surface area contributed by atoms with Gasteiger partial charge in [0.15, 0.2) is 5.89 Å². The van der Waals surface area contributed by atoms with E-state index in [9.17, 15) is 0 Å². The maximum atomic E-state index is 5.58. The summed E-state index contributed by atoms with van der Waals surface area (Å²) in [5.74, 6) is 2.40. The fourth-order valence-electron chi connectivity index (χ4n) is 1.88. The molecule has 102 valence electrons. The van der Waals surface area contributed by atoms with Gasteiger partial charge in [-0.2, -0.15) is 0 Å². The fraction of sp³-hybridized carbons (Fsp3) is 0.400. The third-order valence-corrected chi connectivity index (χ3v) is 2.80. The van der Waals surface area contributed by atoms with Crippen molar-refractivity contribution in [2.45, 2.75) is 26.7 Å². The highest BCUT2D eigenvalue weighted by Crippen LogP contribution is 2.25. The first-order valence-corrected chi connectivity index (χ1v) is 6.64. The van der Waals surface area contributed by atoms with Crippen molar-refractivity contribution >= 4 is 0 Å². The highest BCUT2D eigenvalue weighted by Gasteiger charge is 2.11. The molecule has 2 N–H and O–H groups in total. The first kappa shape index (κ1) is 13.6. The van der Waals surface area contributed by atoms with Crippen molar-refractivity contribution < 1.29 is 9.15 Å². The molecule has 0 aliphatic rings. The Kier molecular flexibility index (Phi) is 4.58. The Morgan fingerprint density at radius 1 is 1.26 bits per heavy atom. The number of hydrogen-bond acceptors (Lipinski definition) is 4. The van der Waals surface area contributed by atoms with Crippen molar-refractivity contribution in [2.24, 2.45) is 5.73 Å². The first-order valence-electron chi connectivity index (χ1n) is 6.64. The van der Waals surface area contributed by atoms with Crippen molar-refractivity contribution in [3.05, 3.63) is 35.9 Å². The minimum absolute atomic E-state index is 0.545. The molecule has 2 rings (SSSR count). The van der Waals surface area contributed by atoms with Gasteiger partial charge in [-0.25, -0.2) is 4.98 Å². The Morgan fingerprint density at radius 2 is 2.00 bits per heavy atom. The van der Waals surface area contributed by atoms with Crippen LogP contribution >= 0.6 is 0 Å². The Labute approximate surface area is 113 Å². The Hall–Kier alpha value is -1.81. The molecule has 0 saturated carbocycles. The lowest BCUT2D eigenvalue weighted by Gasteiger charge is -2.04. The van der Waals surface area contributed by atoms with Gasteiger partial charge >= 0.3 is 0 Å². The average molecular weight is 260 g/mol. The van der Waals surface area contributed by atoms with E-state index in [1.165, 1.54) is 0 Å². The smallest absolute Gasteiger partial charge is 0.196 e. The molecule has 0 atom stereocenters. The molecule has 0 fully saturated rings. The van der Waals surface area contributed by atoms with Gasteiger partial charge in [0.2, 0.25) is 0 Å². The predicted octanol–water partition coefficient (Wildman–Crippen LogP) is 2.94. The second-order valence-electron chi connectivity index (χ2n) is 4.42. The average Bonchev–Trinajstić information content (AvgIpc) is 2.78. The number of nitrogens with zero attached hydrogens (tertiary/aromatic N) is 1. The largest absolute Gasteiger partial charge is 0.494 e. The summed E-state index contributed by atoms with van der Waals surface area (Å²) in [4.78, 5) is 4.47. The van der Waals surface area contributed by atoms with E-state index in [2.05, 4.69) is 11.9 Å². The maximum Gasteiger partial charge on any atom is 0.196 e. The molecule has 0 aliphatic carbocycles. The third kappa shape index (κ3) is 3.35. The molecule has 4 nitrogen and oxygen atoms in total. The van der Waals surface area contributed by atoms with Gasteiger partial charge < -0.3 is 14.9 Å². The fourth-order valence-corrected chi connectivity index (χ4v) is 1.88. The molecular weight excluding hydrogens is 240 g/mol. The van der Waals surface area contributed by atoms with E-state index in [1.807, 2.05) is 31.2 Å². The van der Waals surface area contributed by atoms with Crippen LogP contribution in [0.5, 0.6) is 5.75 Å². The van der Waals surface area contributed by atoms with Gasteiger partial charge in [0.1, 0.15) is 17.2 Å². The molecule has 0 aliphatic heterocycles. The molecule has 0 bridgehead atoms. The number of aromatic nitrogens is 1. The summed E-state index contributed by atoms with van der Waals surface area (Å²) in [6.45, 7) is 5.29. The second-order valence-corrected chi connectivity index (χ2v) is 4.42. The monoisotopic (exact) mass is 260 g/mol. The predicted molar refractivity (Wildman–Crippen MR) is 75.2 cm³/mol. The molecular formula is C15H20N2O2. The van der Waals surface area contributed by atoms with Crippen LogP contribution in [0.3, 0.4) is 0 Å². The van der Waals surface area contributed by atoms with Crippen molar-refractivity contribution in [1.82, 2.24) is 4.98 Å². The normalized spacial score (nSPS) is 10.7. The summed E-state index contributed by atoms with van der Waals surface area (Å²) in [5.41, 5.74) is 7.42. The minimum Gasteiger partial charge on any atom is -0.494 e. The molecule has 0 amide bonds. The van der Waals surface area contributed by atoms with Crippen molar-refractivity contribution in [1.29, 1.82) is 0 Å². The second kappa shape index (κ2) is 6.38. The van der Waals surface area contributed by atoms with Crippen LogP contribution in [-0.2, 0) is 6.42 Å². The van der Waals surface area contributed by atoms with Gasteiger partial charge in [-0.15, -0.1) is 0 Å². The van der Waals surface area contributed by atoms with Crippen LogP contribution in [0.25, 0.3) is 11.3 Å². The van der Waals surface area contributed by atoms with E-state index in [1.54, 1.807) is 0 Å². The third-order valence-electron chi connectivity index (χ3n) is 2.80.